The molecule has 2 atom stereocenters. The summed E-state index contributed by atoms with van der Waals surface area (Å²) in [4.78, 5) is 16.1. The second kappa shape index (κ2) is 5.38. The van der Waals surface area contributed by atoms with Crippen LogP contribution in [-0.4, -0.2) is 10.8 Å². The molecule has 0 saturated carbocycles. The molecule has 2 heteroatoms. The smallest absolute Gasteiger partial charge is 0.134 e. The lowest BCUT2D eigenvalue weighted by Crippen LogP contribution is -2.08. The molecule has 0 bridgehead atoms. The van der Waals surface area contributed by atoms with Crippen LogP contribution in [0.1, 0.15) is 54.0 Å². The van der Waals surface area contributed by atoms with Crippen molar-refractivity contribution in [1.29, 1.82) is 0 Å². The first-order valence-corrected chi connectivity index (χ1v) is 8.33. The Balaban J connectivity index is 1.99. The highest BCUT2D eigenvalue weighted by molar-refractivity contribution is 5.89. The number of aryl methyl sites for hydroxylation is 1. The predicted molar refractivity (Wildman–Crippen MR) is 94.0 cm³/mol. The molecule has 3 aromatic rings. The van der Waals surface area contributed by atoms with E-state index in [1.54, 1.807) is 0 Å². The van der Waals surface area contributed by atoms with Crippen LogP contribution in [0.25, 0.3) is 10.9 Å². The fourth-order valence-corrected chi connectivity index (χ4v) is 4.09. The Kier molecular flexibility index (Phi) is 3.33. The first-order valence-electron chi connectivity index (χ1n) is 8.33. The average Bonchev–Trinajstić information content (AvgIpc) is 2.87. The molecule has 116 valence electrons. The van der Waals surface area contributed by atoms with E-state index in [1.807, 2.05) is 0 Å². The monoisotopic (exact) mass is 303 g/mol. The largest absolute Gasteiger partial charge is 0.358 e. The number of ketones is 1. The maximum atomic E-state index is 12.5. The zero-order valence-corrected chi connectivity index (χ0v) is 13.6. The van der Waals surface area contributed by atoms with E-state index in [4.69, 9.17) is 0 Å². The molecular weight excluding hydrogens is 282 g/mol. The normalized spacial score (nSPS) is 21.2. The number of fused-ring (bicyclic) bond motifs is 3. The first kappa shape index (κ1) is 14.3. The lowest BCUT2D eigenvalue weighted by atomic mass is 9.87. The Morgan fingerprint density at radius 2 is 1.74 bits per heavy atom. The van der Waals surface area contributed by atoms with E-state index in [0.717, 1.165) is 0 Å². The van der Waals surface area contributed by atoms with Crippen LogP contribution in [0.5, 0.6) is 0 Å². The minimum absolute atomic E-state index is 0.135. The quantitative estimate of drug-likeness (QED) is 0.625. The van der Waals surface area contributed by atoms with Gasteiger partial charge in [-0.1, -0.05) is 49.4 Å². The van der Waals surface area contributed by atoms with E-state index in [-0.39, 0.29) is 11.8 Å². The van der Waals surface area contributed by atoms with Crippen molar-refractivity contribution in [2.75, 3.05) is 0 Å². The van der Waals surface area contributed by atoms with Gasteiger partial charge in [0.1, 0.15) is 5.78 Å². The van der Waals surface area contributed by atoms with Crippen LogP contribution in [0.4, 0.5) is 0 Å². The van der Waals surface area contributed by atoms with Gasteiger partial charge in [0.05, 0.1) is 0 Å². The number of carbonyl (C=O) groups excluding carboxylic acids is 1. The minimum atomic E-state index is 0.135. The standard InChI is InChI=1S/C21H21NO/c1-13-7-3-4-8-16(13)18-12-15(23)11-14(2)20-17-9-5-6-10-19(17)22-21(18)20/h3-10,14,18,22H,11-12H2,1-2H3/t14-,18-/m1/s1. The highest BCUT2D eigenvalue weighted by atomic mass is 16.1. The summed E-state index contributed by atoms with van der Waals surface area (Å²) in [6, 6.07) is 16.9. The van der Waals surface area contributed by atoms with Crippen molar-refractivity contribution in [3.05, 3.63) is 70.9 Å². The number of hydrogen-bond donors (Lipinski definition) is 1. The molecule has 1 aromatic heterocycles. The van der Waals surface area contributed by atoms with Gasteiger partial charge >= 0.3 is 0 Å². The second-order valence-electron chi connectivity index (χ2n) is 6.76. The van der Waals surface area contributed by atoms with Gasteiger partial charge in [0.25, 0.3) is 0 Å². The van der Waals surface area contributed by atoms with Crippen LogP contribution in [0.2, 0.25) is 0 Å². The van der Waals surface area contributed by atoms with Crippen molar-refractivity contribution in [3.63, 3.8) is 0 Å². The van der Waals surface area contributed by atoms with Gasteiger partial charge in [0.15, 0.2) is 0 Å². The summed E-state index contributed by atoms with van der Waals surface area (Å²) in [5.41, 5.74) is 6.27. The molecule has 2 aromatic carbocycles. The van der Waals surface area contributed by atoms with Gasteiger partial charge in [-0.15, -0.1) is 0 Å². The molecule has 0 unspecified atom stereocenters. The molecule has 0 fully saturated rings. The van der Waals surface area contributed by atoms with Gasteiger partial charge in [0.2, 0.25) is 0 Å². The van der Waals surface area contributed by atoms with Gasteiger partial charge < -0.3 is 4.98 Å². The van der Waals surface area contributed by atoms with E-state index in [9.17, 15) is 4.79 Å². The first-order chi connectivity index (χ1) is 11.1. The van der Waals surface area contributed by atoms with Crippen molar-refractivity contribution in [2.24, 2.45) is 0 Å². The highest BCUT2D eigenvalue weighted by Gasteiger charge is 2.31. The van der Waals surface area contributed by atoms with Crippen molar-refractivity contribution in [1.82, 2.24) is 4.98 Å². The number of aromatic nitrogens is 1. The summed E-state index contributed by atoms with van der Waals surface area (Å²) in [5, 5.41) is 1.27. The fraction of sp³-hybridized carbons (Fsp3) is 0.286. The van der Waals surface area contributed by atoms with E-state index >= 15 is 0 Å². The molecule has 1 aliphatic rings. The van der Waals surface area contributed by atoms with Crippen LogP contribution in [0.15, 0.2) is 48.5 Å². The van der Waals surface area contributed by atoms with E-state index < -0.39 is 0 Å². The number of para-hydroxylation sites is 1. The van der Waals surface area contributed by atoms with Crippen molar-refractivity contribution in [3.8, 4) is 0 Å². The predicted octanol–water partition coefficient (Wildman–Crippen LogP) is 5.07. The maximum absolute atomic E-state index is 12.5. The van der Waals surface area contributed by atoms with Gasteiger partial charge in [-0.05, 0) is 35.6 Å². The maximum Gasteiger partial charge on any atom is 0.134 e. The highest BCUT2D eigenvalue weighted by Crippen LogP contribution is 2.42. The van der Waals surface area contributed by atoms with Crippen LogP contribution in [-0.2, 0) is 4.79 Å². The molecule has 4 rings (SSSR count). The topological polar surface area (TPSA) is 32.9 Å². The second-order valence-corrected chi connectivity index (χ2v) is 6.76. The Morgan fingerprint density at radius 1 is 1.00 bits per heavy atom. The van der Waals surface area contributed by atoms with Crippen molar-refractivity contribution < 1.29 is 4.79 Å². The number of H-pyrrole nitrogens is 1. The van der Waals surface area contributed by atoms with Crippen LogP contribution in [0, 0.1) is 6.92 Å². The van der Waals surface area contributed by atoms with Gasteiger partial charge in [0, 0.05) is 35.4 Å². The molecular formula is C21H21NO. The molecule has 23 heavy (non-hydrogen) atoms. The third-order valence-corrected chi connectivity index (χ3v) is 5.15. The molecule has 0 spiro atoms. The number of aromatic amines is 1. The van der Waals surface area contributed by atoms with Crippen LogP contribution in [0.3, 0.4) is 0 Å². The van der Waals surface area contributed by atoms with Gasteiger partial charge in [-0.2, -0.15) is 0 Å². The van der Waals surface area contributed by atoms with Gasteiger partial charge in [-0.3, -0.25) is 4.79 Å². The lowest BCUT2D eigenvalue weighted by Gasteiger charge is -2.18. The zero-order chi connectivity index (χ0) is 16.0. The van der Waals surface area contributed by atoms with E-state index in [0.29, 0.717) is 18.6 Å². The Morgan fingerprint density at radius 3 is 2.57 bits per heavy atom. The number of benzene rings is 2. The van der Waals surface area contributed by atoms with Crippen LogP contribution < -0.4 is 0 Å². The summed E-state index contributed by atoms with van der Waals surface area (Å²) >= 11 is 0. The summed E-state index contributed by atoms with van der Waals surface area (Å²) in [5.74, 6) is 0.762. The molecule has 0 radical (unpaired) electrons. The summed E-state index contributed by atoms with van der Waals surface area (Å²) in [6.07, 6.45) is 1.23. The minimum Gasteiger partial charge on any atom is -0.358 e. The number of hydrogen-bond acceptors (Lipinski definition) is 1. The fourth-order valence-electron chi connectivity index (χ4n) is 4.09. The number of Topliss-reactive ketones (excluding diaryl/α,β-unsaturated/α-hetero) is 1. The molecule has 0 aliphatic heterocycles. The molecule has 1 aliphatic carbocycles. The summed E-state index contributed by atoms with van der Waals surface area (Å²) < 4.78 is 0. The Labute approximate surface area is 136 Å². The van der Waals surface area contributed by atoms with Crippen molar-refractivity contribution >= 4 is 16.7 Å². The van der Waals surface area contributed by atoms with Crippen molar-refractivity contribution in [2.45, 2.75) is 38.5 Å². The molecule has 1 N–H and O–H groups in total. The zero-order valence-electron chi connectivity index (χ0n) is 13.6. The SMILES string of the molecule is Cc1ccccc1[C@H]1CC(=O)C[C@@H](C)c2c1[nH]c1ccccc21. The molecule has 0 amide bonds. The third kappa shape index (κ3) is 2.29. The Hall–Kier alpha value is -2.35. The lowest BCUT2D eigenvalue weighted by molar-refractivity contribution is -0.119. The Bertz CT molecular complexity index is 890. The molecule has 2 nitrogen and oxygen atoms in total. The van der Waals surface area contributed by atoms with E-state index in [1.165, 1.54) is 33.3 Å². The van der Waals surface area contributed by atoms with Crippen LogP contribution >= 0.6 is 0 Å². The molecule has 0 saturated heterocycles. The summed E-state index contributed by atoms with van der Waals surface area (Å²) in [6.45, 7) is 4.31. The van der Waals surface area contributed by atoms with Gasteiger partial charge in [-0.25, -0.2) is 0 Å². The summed E-state index contributed by atoms with van der Waals surface area (Å²) in [7, 11) is 0. The number of nitrogens with one attached hydrogen (secondary N) is 1. The number of rotatable bonds is 1. The molecule has 1 heterocycles. The third-order valence-electron chi connectivity index (χ3n) is 5.15. The van der Waals surface area contributed by atoms with E-state index in [2.05, 4.69) is 67.4 Å². The number of carbonyl (C=O) groups is 1. The average molecular weight is 303 g/mol.